The quantitative estimate of drug-likeness (QED) is 0.664. The third-order valence-corrected chi connectivity index (χ3v) is 6.09. The lowest BCUT2D eigenvalue weighted by molar-refractivity contribution is -0.155. The zero-order valence-corrected chi connectivity index (χ0v) is 18.0. The standard InChI is InChI=1S/C21H28FN3O6/c1-19(2,3)20(4,31-18(23)28)17(27)25-15-16(26)24-13-6-5-12(22)11-14(13)30-21(15)7-9-29-10-8-21/h5-6,11,15H,7-10H2,1-4H3,(H2,23,28)(H,24,26)(H,25,27)/t15-,20+/m0/s1. The van der Waals surface area contributed by atoms with Crippen molar-refractivity contribution in [3.63, 3.8) is 0 Å². The van der Waals surface area contributed by atoms with Crippen LogP contribution in [-0.2, 0) is 19.1 Å². The molecule has 2 atom stereocenters. The van der Waals surface area contributed by atoms with Gasteiger partial charge >= 0.3 is 6.09 Å². The summed E-state index contributed by atoms with van der Waals surface area (Å²) in [6.07, 6.45) is -0.549. The van der Waals surface area contributed by atoms with E-state index in [-0.39, 0.29) is 18.6 Å². The van der Waals surface area contributed by atoms with Crippen LogP contribution in [0.4, 0.5) is 14.9 Å². The highest BCUT2D eigenvalue weighted by molar-refractivity contribution is 6.01. The summed E-state index contributed by atoms with van der Waals surface area (Å²) in [5.41, 5.74) is 1.81. The van der Waals surface area contributed by atoms with Crippen molar-refractivity contribution in [3.05, 3.63) is 24.0 Å². The fraction of sp³-hybridized carbons (Fsp3) is 0.571. The smallest absolute Gasteiger partial charge is 0.405 e. The maximum Gasteiger partial charge on any atom is 0.405 e. The summed E-state index contributed by atoms with van der Waals surface area (Å²) in [5, 5.41) is 5.40. The molecule has 0 radical (unpaired) electrons. The monoisotopic (exact) mass is 437 g/mol. The first-order chi connectivity index (χ1) is 14.4. The average molecular weight is 437 g/mol. The van der Waals surface area contributed by atoms with Crippen LogP contribution >= 0.6 is 0 Å². The van der Waals surface area contributed by atoms with Gasteiger partial charge in [-0.3, -0.25) is 9.59 Å². The number of primary amides is 1. The lowest BCUT2D eigenvalue weighted by Gasteiger charge is -2.44. The van der Waals surface area contributed by atoms with Gasteiger partial charge in [-0.1, -0.05) is 20.8 Å². The normalized spacial score (nSPS) is 22.2. The number of nitrogens with two attached hydrogens (primary N) is 1. The first kappa shape index (κ1) is 22.8. The summed E-state index contributed by atoms with van der Waals surface area (Å²) in [6, 6.07) is 2.63. The van der Waals surface area contributed by atoms with Gasteiger partial charge < -0.3 is 30.6 Å². The number of amides is 3. The number of hydrogen-bond donors (Lipinski definition) is 3. The van der Waals surface area contributed by atoms with Gasteiger partial charge in [-0.25, -0.2) is 9.18 Å². The Morgan fingerprint density at radius 1 is 1.26 bits per heavy atom. The number of hydrogen-bond acceptors (Lipinski definition) is 6. The summed E-state index contributed by atoms with van der Waals surface area (Å²) in [5.74, 6) is -1.59. The largest absolute Gasteiger partial charge is 0.482 e. The van der Waals surface area contributed by atoms with Gasteiger partial charge in [-0.05, 0) is 19.1 Å². The molecule has 1 aromatic carbocycles. The van der Waals surface area contributed by atoms with Crippen molar-refractivity contribution in [2.24, 2.45) is 11.1 Å². The molecule has 1 fully saturated rings. The maximum atomic E-state index is 13.8. The van der Waals surface area contributed by atoms with Crippen LogP contribution in [0.1, 0.15) is 40.5 Å². The van der Waals surface area contributed by atoms with E-state index in [0.29, 0.717) is 18.9 Å². The second-order valence-corrected chi connectivity index (χ2v) is 9.02. The second-order valence-electron chi connectivity index (χ2n) is 9.02. The summed E-state index contributed by atoms with van der Waals surface area (Å²) in [6.45, 7) is 7.15. The second kappa shape index (κ2) is 7.99. The Kier molecular flexibility index (Phi) is 5.88. The van der Waals surface area contributed by atoms with Crippen LogP contribution in [0.25, 0.3) is 0 Å². The van der Waals surface area contributed by atoms with E-state index >= 15 is 0 Å². The molecule has 9 nitrogen and oxygen atoms in total. The number of carbonyl (C=O) groups excluding carboxylic acids is 3. The van der Waals surface area contributed by atoms with Crippen LogP contribution in [0.15, 0.2) is 18.2 Å². The van der Waals surface area contributed by atoms with Gasteiger partial charge in [0.1, 0.15) is 23.2 Å². The highest BCUT2D eigenvalue weighted by Crippen LogP contribution is 2.40. The van der Waals surface area contributed by atoms with E-state index in [4.69, 9.17) is 19.9 Å². The van der Waals surface area contributed by atoms with Crippen molar-refractivity contribution in [2.45, 2.75) is 57.8 Å². The third-order valence-electron chi connectivity index (χ3n) is 6.09. The molecule has 170 valence electrons. The van der Waals surface area contributed by atoms with E-state index in [1.54, 1.807) is 20.8 Å². The molecule has 1 spiro atoms. The lowest BCUT2D eigenvalue weighted by atomic mass is 9.76. The first-order valence-electron chi connectivity index (χ1n) is 10.0. The van der Waals surface area contributed by atoms with Crippen LogP contribution in [0.5, 0.6) is 5.75 Å². The van der Waals surface area contributed by atoms with Gasteiger partial charge in [-0.2, -0.15) is 0 Å². The van der Waals surface area contributed by atoms with Crippen molar-refractivity contribution >= 4 is 23.6 Å². The van der Waals surface area contributed by atoms with Crippen LogP contribution in [0, 0.1) is 11.2 Å². The fourth-order valence-electron chi connectivity index (χ4n) is 3.72. The molecule has 1 saturated heterocycles. The highest BCUT2D eigenvalue weighted by atomic mass is 19.1. The van der Waals surface area contributed by atoms with Crippen molar-refractivity contribution < 1.29 is 33.0 Å². The summed E-state index contributed by atoms with van der Waals surface area (Å²) < 4.78 is 30.7. The van der Waals surface area contributed by atoms with Crippen molar-refractivity contribution in [2.75, 3.05) is 18.5 Å². The molecule has 0 saturated carbocycles. The molecule has 1 aromatic rings. The Labute approximate surface area is 179 Å². The highest BCUT2D eigenvalue weighted by Gasteiger charge is 2.54. The Hall–Kier alpha value is -2.88. The first-order valence-corrected chi connectivity index (χ1v) is 10.0. The Morgan fingerprint density at radius 3 is 2.48 bits per heavy atom. The molecule has 3 rings (SSSR count). The SMILES string of the molecule is CC(C)(C)[C@](C)(OC(N)=O)C(=O)N[C@H]1C(=O)Nc2ccc(F)cc2OC12CCOCC2. The zero-order valence-electron chi connectivity index (χ0n) is 18.0. The molecule has 31 heavy (non-hydrogen) atoms. The number of ether oxygens (including phenoxy) is 3. The van der Waals surface area contributed by atoms with Crippen LogP contribution in [0.2, 0.25) is 0 Å². The summed E-state index contributed by atoms with van der Waals surface area (Å²) in [7, 11) is 0. The number of rotatable bonds is 3. The molecule has 0 unspecified atom stereocenters. The molecule has 2 heterocycles. The molecule has 0 aromatic heterocycles. The van der Waals surface area contributed by atoms with E-state index in [9.17, 15) is 18.8 Å². The number of carbonyl (C=O) groups is 3. The Morgan fingerprint density at radius 2 is 1.90 bits per heavy atom. The molecule has 0 bridgehead atoms. The minimum Gasteiger partial charge on any atom is -0.482 e. The number of fused-ring (bicyclic) bond motifs is 1. The molecule has 2 aliphatic heterocycles. The summed E-state index contributed by atoms with van der Waals surface area (Å²) in [4.78, 5) is 38.1. The lowest BCUT2D eigenvalue weighted by Crippen LogP contribution is -2.67. The Bertz CT molecular complexity index is 894. The van der Waals surface area contributed by atoms with Gasteiger partial charge in [-0.15, -0.1) is 0 Å². The fourth-order valence-corrected chi connectivity index (χ4v) is 3.72. The number of nitrogens with one attached hydrogen (secondary N) is 2. The molecule has 3 amide bonds. The number of halogens is 1. The molecular weight excluding hydrogens is 409 g/mol. The van der Waals surface area contributed by atoms with E-state index in [2.05, 4.69) is 10.6 Å². The zero-order chi connectivity index (χ0) is 23.0. The summed E-state index contributed by atoms with van der Waals surface area (Å²) >= 11 is 0. The maximum absolute atomic E-state index is 13.8. The van der Waals surface area contributed by atoms with Crippen LogP contribution < -0.4 is 21.1 Å². The van der Waals surface area contributed by atoms with E-state index < -0.39 is 46.4 Å². The topological polar surface area (TPSA) is 129 Å². The average Bonchev–Trinajstić information content (AvgIpc) is 2.76. The number of anilines is 1. The molecule has 10 heteroatoms. The van der Waals surface area contributed by atoms with Gasteiger partial charge in [0.25, 0.3) is 11.8 Å². The van der Waals surface area contributed by atoms with Crippen molar-refractivity contribution in [3.8, 4) is 5.75 Å². The van der Waals surface area contributed by atoms with Crippen LogP contribution in [0.3, 0.4) is 0 Å². The number of benzene rings is 1. The molecule has 0 aliphatic carbocycles. The minimum atomic E-state index is -1.67. The predicted octanol–water partition coefficient (Wildman–Crippen LogP) is 2.09. The van der Waals surface area contributed by atoms with Gasteiger partial charge in [0, 0.05) is 24.3 Å². The van der Waals surface area contributed by atoms with E-state index in [0.717, 1.165) is 0 Å². The Balaban J connectivity index is 2.00. The minimum absolute atomic E-state index is 0.166. The van der Waals surface area contributed by atoms with Crippen molar-refractivity contribution in [1.29, 1.82) is 0 Å². The van der Waals surface area contributed by atoms with Gasteiger partial charge in [0.2, 0.25) is 0 Å². The predicted molar refractivity (Wildman–Crippen MR) is 109 cm³/mol. The van der Waals surface area contributed by atoms with Gasteiger partial charge in [0.05, 0.1) is 18.9 Å². The van der Waals surface area contributed by atoms with Crippen molar-refractivity contribution in [1.82, 2.24) is 5.32 Å². The van der Waals surface area contributed by atoms with E-state index in [1.165, 1.54) is 25.1 Å². The molecular formula is C21H28FN3O6. The van der Waals surface area contributed by atoms with Crippen LogP contribution in [-0.4, -0.2) is 48.4 Å². The molecule has 4 N–H and O–H groups in total. The van der Waals surface area contributed by atoms with E-state index in [1.807, 2.05) is 0 Å². The molecule has 2 aliphatic rings. The van der Waals surface area contributed by atoms with Gasteiger partial charge in [0.15, 0.2) is 5.60 Å². The third kappa shape index (κ3) is 4.30.